The Bertz CT molecular complexity index is 302. The van der Waals surface area contributed by atoms with Gasteiger partial charge in [-0.15, -0.1) is 0 Å². The molecule has 2 aliphatic heterocycles. The van der Waals surface area contributed by atoms with Gasteiger partial charge in [0, 0.05) is 26.1 Å². The molecule has 2 aliphatic rings. The molecule has 2 fully saturated rings. The molecule has 0 bridgehead atoms. The van der Waals surface area contributed by atoms with E-state index in [2.05, 4.69) is 4.90 Å². The minimum Gasteiger partial charge on any atom is -0.481 e. The molecule has 1 atom stereocenters. The first-order valence-electron chi connectivity index (χ1n) is 6.37. The number of carbonyl (C=O) groups is 2. The molecular weight excluding hydrogens is 220 g/mol. The Morgan fingerprint density at radius 3 is 2.59 bits per heavy atom. The lowest BCUT2D eigenvalue weighted by molar-refractivity contribution is -0.137. The fraction of sp³-hybridized carbons (Fsp3) is 0.833. The number of hydrogen-bond acceptors (Lipinski definition) is 3. The molecule has 0 aromatic rings. The third-order valence-electron chi connectivity index (χ3n) is 3.70. The van der Waals surface area contributed by atoms with E-state index in [-0.39, 0.29) is 12.3 Å². The molecule has 0 aliphatic carbocycles. The summed E-state index contributed by atoms with van der Waals surface area (Å²) in [5.41, 5.74) is 0. The van der Waals surface area contributed by atoms with Crippen molar-refractivity contribution in [3.8, 4) is 0 Å². The summed E-state index contributed by atoms with van der Waals surface area (Å²) in [5, 5.41) is 8.62. The molecule has 0 radical (unpaired) electrons. The van der Waals surface area contributed by atoms with Crippen LogP contribution in [0.25, 0.3) is 0 Å². The number of likely N-dealkylation sites (tertiary alicyclic amines) is 2. The zero-order valence-electron chi connectivity index (χ0n) is 10.1. The van der Waals surface area contributed by atoms with E-state index in [1.54, 1.807) is 0 Å². The van der Waals surface area contributed by atoms with Crippen molar-refractivity contribution in [1.29, 1.82) is 0 Å². The maximum atomic E-state index is 11.7. The third kappa shape index (κ3) is 3.43. The maximum absolute atomic E-state index is 11.7. The zero-order chi connectivity index (χ0) is 12.3. The van der Waals surface area contributed by atoms with E-state index < -0.39 is 5.97 Å². The number of rotatable bonds is 5. The molecule has 0 aromatic carbocycles. The second-order valence-electron chi connectivity index (χ2n) is 5.06. The number of carbonyl (C=O) groups excluding carboxylic acids is 1. The number of carboxylic acid groups (broad SMARTS) is 1. The lowest BCUT2D eigenvalue weighted by atomic mass is 10.0. The molecule has 1 N–H and O–H groups in total. The summed E-state index contributed by atoms with van der Waals surface area (Å²) < 4.78 is 0. The molecule has 17 heavy (non-hydrogen) atoms. The van der Waals surface area contributed by atoms with Gasteiger partial charge in [0.25, 0.3) is 0 Å². The van der Waals surface area contributed by atoms with E-state index in [0.29, 0.717) is 12.5 Å². The highest BCUT2D eigenvalue weighted by molar-refractivity contribution is 5.78. The topological polar surface area (TPSA) is 60.9 Å². The SMILES string of the molecule is O=C(O)CCC1CCN(CC(=O)N2CCC2)C1. The van der Waals surface area contributed by atoms with Gasteiger partial charge in [0.05, 0.1) is 6.54 Å². The summed E-state index contributed by atoms with van der Waals surface area (Å²) in [6.45, 7) is 4.16. The van der Waals surface area contributed by atoms with Crippen molar-refractivity contribution in [1.82, 2.24) is 9.80 Å². The number of nitrogens with zero attached hydrogens (tertiary/aromatic N) is 2. The summed E-state index contributed by atoms with van der Waals surface area (Å²) in [5.74, 6) is -0.0365. The Morgan fingerprint density at radius 1 is 1.24 bits per heavy atom. The second-order valence-corrected chi connectivity index (χ2v) is 5.06. The average Bonchev–Trinajstić information content (AvgIpc) is 2.59. The number of hydrogen-bond donors (Lipinski definition) is 1. The van der Waals surface area contributed by atoms with Crippen LogP contribution < -0.4 is 0 Å². The zero-order valence-corrected chi connectivity index (χ0v) is 10.1. The normalized spacial score (nSPS) is 24.7. The van der Waals surface area contributed by atoms with Gasteiger partial charge in [-0.25, -0.2) is 0 Å². The monoisotopic (exact) mass is 240 g/mol. The van der Waals surface area contributed by atoms with Crippen LogP contribution in [0.3, 0.4) is 0 Å². The van der Waals surface area contributed by atoms with E-state index in [1.807, 2.05) is 4.90 Å². The predicted molar refractivity (Wildman–Crippen MR) is 62.6 cm³/mol. The molecule has 5 heteroatoms. The smallest absolute Gasteiger partial charge is 0.303 e. The first-order valence-corrected chi connectivity index (χ1v) is 6.37. The first-order chi connectivity index (χ1) is 8.15. The van der Waals surface area contributed by atoms with Crippen LogP contribution in [0.4, 0.5) is 0 Å². The molecule has 2 rings (SSSR count). The van der Waals surface area contributed by atoms with Crippen molar-refractivity contribution in [2.45, 2.75) is 25.7 Å². The summed E-state index contributed by atoms with van der Waals surface area (Å²) in [6, 6.07) is 0. The van der Waals surface area contributed by atoms with Crippen LogP contribution in [0.1, 0.15) is 25.7 Å². The van der Waals surface area contributed by atoms with Gasteiger partial charge in [0.15, 0.2) is 0 Å². The van der Waals surface area contributed by atoms with Gasteiger partial charge in [-0.3, -0.25) is 14.5 Å². The van der Waals surface area contributed by atoms with E-state index >= 15 is 0 Å². The second kappa shape index (κ2) is 5.49. The minimum atomic E-state index is -0.722. The average molecular weight is 240 g/mol. The lowest BCUT2D eigenvalue weighted by Gasteiger charge is -2.32. The summed E-state index contributed by atoms with van der Waals surface area (Å²) >= 11 is 0. The Balaban J connectivity index is 1.66. The van der Waals surface area contributed by atoms with Crippen molar-refractivity contribution >= 4 is 11.9 Å². The van der Waals surface area contributed by atoms with E-state index in [0.717, 1.165) is 45.4 Å². The van der Waals surface area contributed by atoms with Crippen molar-refractivity contribution in [3.63, 3.8) is 0 Å². The molecule has 0 aromatic heterocycles. The number of carboxylic acids is 1. The highest BCUT2D eigenvalue weighted by Crippen LogP contribution is 2.21. The number of aliphatic carboxylic acids is 1. The van der Waals surface area contributed by atoms with Crippen LogP contribution in [0, 0.1) is 5.92 Å². The third-order valence-corrected chi connectivity index (χ3v) is 3.70. The molecule has 1 amide bonds. The summed E-state index contributed by atoms with van der Waals surface area (Å²) in [7, 11) is 0. The Hall–Kier alpha value is -1.10. The lowest BCUT2D eigenvalue weighted by Crippen LogP contribution is -2.46. The quantitative estimate of drug-likeness (QED) is 0.756. The van der Waals surface area contributed by atoms with Crippen LogP contribution in [0.15, 0.2) is 0 Å². The van der Waals surface area contributed by atoms with Gasteiger partial charge < -0.3 is 10.0 Å². The maximum Gasteiger partial charge on any atom is 0.303 e. The molecule has 96 valence electrons. The largest absolute Gasteiger partial charge is 0.481 e. The standard InChI is InChI=1S/C12H20N2O3/c15-11(14-5-1-6-14)9-13-7-4-10(8-13)2-3-12(16)17/h10H,1-9H2,(H,16,17). The van der Waals surface area contributed by atoms with Gasteiger partial charge in [-0.1, -0.05) is 0 Å². The van der Waals surface area contributed by atoms with Gasteiger partial charge in [0.2, 0.25) is 5.91 Å². The molecule has 2 saturated heterocycles. The van der Waals surface area contributed by atoms with Crippen LogP contribution in [-0.2, 0) is 9.59 Å². The Morgan fingerprint density at radius 2 is 2.00 bits per heavy atom. The van der Waals surface area contributed by atoms with Crippen molar-refractivity contribution < 1.29 is 14.7 Å². The Labute approximate surface area is 101 Å². The van der Waals surface area contributed by atoms with Crippen LogP contribution in [0.2, 0.25) is 0 Å². The first kappa shape index (κ1) is 12.4. The van der Waals surface area contributed by atoms with Crippen LogP contribution in [-0.4, -0.2) is 59.5 Å². The van der Waals surface area contributed by atoms with E-state index in [4.69, 9.17) is 5.11 Å². The predicted octanol–water partition coefficient (Wildman–Crippen LogP) is 0.405. The minimum absolute atomic E-state index is 0.232. The van der Waals surface area contributed by atoms with E-state index in [9.17, 15) is 9.59 Å². The highest BCUT2D eigenvalue weighted by Gasteiger charge is 2.27. The molecular formula is C12H20N2O3. The molecule has 1 unspecified atom stereocenters. The Kier molecular flexibility index (Phi) is 3.99. The molecule has 0 saturated carbocycles. The fourth-order valence-electron chi connectivity index (χ4n) is 2.48. The summed E-state index contributed by atoms with van der Waals surface area (Å²) in [4.78, 5) is 26.3. The van der Waals surface area contributed by atoms with Gasteiger partial charge >= 0.3 is 5.97 Å². The van der Waals surface area contributed by atoms with Gasteiger partial charge in [-0.05, 0) is 31.7 Å². The van der Waals surface area contributed by atoms with Gasteiger partial charge in [-0.2, -0.15) is 0 Å². The van der Waals surface area contributed by atoms with Crippen LogP contribution in [0.5, 0.6) is 0 Å². The van der Waals surface area contributed by atoms with Crippen molar-refractivity contribution in [2.24, 2.45) is 5.92 Å². The van der Waals surface area contributed by atoms with Gasteiger partial charge in [0.1, 0.15) is 0 Å². The van der Waals surface area contributed by atoms with E-state index in [1.165, 1.54) is 0 Å². The molecule has 5 nitrogen and oxygen atoms in total. The number of amides is 1. The van der Waals surface area contributed by atoms with Crippen molar-refractivity contribution in [3.05, 3.63) is 0 Å². The van der Waals surface area contributed by atoms with Crippen molar-refractivity contribution in [2.75, 3.05) is 32.7 Å². The fourth-order valence-corrected chi connectivity index (χ4v) is 2.48. The summed E-state index contributed by atoms with van der Waals surface area (Å²) in [6.07, 6.45) is 3.15. The van der Waals surface area contributed by atoms with Crippen LogP contribution >= 0.6 is 0 Å². The molecule has 2 heterocycles. The molecule has 0 spiro atoms. The highest BCUT2D eigenvalue weighted by atomic mass is 16.4.